The molecule has 7 aliphatic rings. The quantitative estimate of drug-likeness (QED) is 0.144. The molecule has 0 aromatic heterocycles. The Morgan fingerprint density at radius 2 is 1.22 bits per heavy atom. The normalized spacial score (nSPS) is 31.2. The number of alkyl halides is 7. The minimum absolute atomic E-state index is 0.0513. The molecule has 25 nitrogen and oxygen atoms in total. The molecule has 3 N–H and O–H groups in total. The highest BCUT2D eigenvalue weighted by atomic mass is 35.5. The molecule has 12 atom stereocenters. The standard InChI is InChI=1S/C73H115ClF6N12O13/c1-12-45(4)61-68(102)86(7)42-59(95)84(5)43-60(96)87(8)54(36-47-25-23-44(3)24-26-47)66(100)85(6)41-57(93)81-52(30-28-46-27-29-50(51(74)35-46)73(78,79)80)65(99)92-40-49(105-13-2)37-53(92)64(98)83-71(31-17-18-32-71)70(104)90(11)62(48-21-15-14-16-22-48)69(103)89(10)55(67(101)91-33-19-20-34-91)38-58(94)88(9)56(63(97)82-61)39-72(75,76)77/h44-56,61-62H,12-43H2,1-11H3,(H,81,93)(H,82,97)(H,83,98)/t44?,45-,46?,47?,49+,50?,51?,52-,53-,54-,55-,56-,61-,62-/m0/s1. The predicted molar refractivity (Wildman–Crippen MR) is 377 cm³/mol. The van der Waals surface area contributed by atoms with Gasteiger partial charge in [0.25, 0.3) is 0 Å². The Hall–Kier alpha value is -6.53. The number of nitrogens with one attached hydrogen (secondary N) is 3. The minimum atomic E-state index is -5.10. The number of likely N-dealkylation sites (tertiary alicyclic amines) is 1. The molecule has 4 aliphatic carbocycles. The monoisotopic (exact) mass is 1520 g/mol. The lowest BCUT2D eigenvalue weighted by molar-refractivity contribution is -0.182. The van der Waals surface area contributed by atoms with Crippen molar-refractivity contribution in [2.75, 3.05) is 95.2 Å². The van der Waals surface area contributed by atoms with Crippen LogP contribution in [0.4, 0.5) is 26.3 Å². The van der Waals surface area contributed by atoms with Crippen molar-refractivity contribution in [3.05, 3.63) is 0 Å². The molecule has 7 fully saturated rings. The van der Waals surface area contributed by atoms with E-state index in [1.165, 1.54) is 61.9 Å². The first-order chi connectivity index (χ1) is 49.3. The smallest absolute Gasteiger partial charge is 0.377 e. The molecular weight excluding hydrogens is 1400 g/mol. The van der Waals surface area contributed by atoms with Gasteiger partial charge < -0.3 is 64.8 Å². The van der Waals surface area contributed by atoms with Crippen LogP contribution in [0, 0.1) is 35.5 Å². The van der Waals surface area contributed by atoms with E-state index in [0.29, 0.717) is 75.0 Å². The van der Waals surface area contributed by atoms with Crippen LogP contribution in [0.3, 0.4) is 0 Å². The Balaban J connectivity index is 1.31. The SMILES string of the molecule is CCO[C@@H]1C[C@H]2C(=O)NC3(CCCC3)C(=O)N(C)[C@@H](C3CCCCC3)C(=O)N(C)[C@H](C(=O)N3CCCC3)CC(=O)N(C)[C@@H](CC(F)(F)F)C(=O)N[C@@H]([C@@H](C)CC)C(=O)N(C)CC(=O)N(C)CC(=O)N(C)[C@@H](CC3CCC(C)CC3)C(=O)N(C)CC(=O)N[C@@H](CCC3CCC(C(F)(F)F)C(Cl)C3)C(=O)N2C1. The lowest BCUT2D eigenvalue weighted by Gasteiger charge is -2.43. The summed E-state index contributed by atoms with van der Waals surface area (Å²) in [5.74, 6) is -13.3. The number of halogens is 7. The van der Waals surface area contributed by atoms with Gasteiger partial charge in [0.15, 0.2) is 0 Å². The summed E-state index contributed by atoms with van der Waals surface area (Å²) in [6, 6.07) is -11.0. The van der Waals surface area contributed by atoms with Gasteiger partial charge in [0.1, 0.15) is 47.8 Å². The zero-order chi connectivity index (χ0) is 77.7. The zero-order valence-electron chi connectivity index (χ0n) is 63.3. The Bertz CT molecular complexity index is 3070. The summed E-state index contributed by atoms with van der Waals surface area (Å²) in [5, 5.41) is 7.01. The van der Waals surface area contributed by atoms with Gasteiger partial charge in [-0.25, -0.2) is 0 Å². The molecular formula is C73H115ClF6N12O13. The lowest BCUT2D eigenvalue weighted by atomic mass is 9.78. The lowest BCUT2D eigenvalue weighted by Crippen LogP contribution is -2.65. The van der Waals surface area contributed by atoms with Crippen LogP contribution in [-0.2, 0) is 62.3 Å². The van der Waals surface area contributed by atoms with E-state index in [2.05, 4.69) is 22.9 Å². The summed E-state index contributed by atoms with van der Waals surface area (Å²) in [6.07, 6.45) is -5.01. The van der Waals surface area contributed by atoms with Crippen molar-refractivity contribution in [2.24, 2.45) is 35.5 Å². The van der Waals surface area contributed by atoms with Crippen molar-refractivity contribution < 1.29 is 88.6 Å². The van der Waals surface area contributed by atoms with E-state index in [4.69, 9.17) is 16.3 Å². The van der Waals surface area contributed by atoms with Gasteiger partial charge >= 0.3 is 12.4 Å². The van der Waals surface area contributed by atoms with Crippen LogP contribution in [0.15, 0.2) is 0 Å². The van der Waals surface area contributed by atoms with Crippen molar-refractivity contribution in [2.45, 2.75) is 260 Å². The Morgan fingerprint density at radius 3 is 1.81 bits per heavy atom. The van der Waals surface area contributed by atoms with Crippen LogP contribution in [-0.4, -0.2) is 282 Å². The van der Waals surface area contributed by atoms with Gasteiger partial charge in [0.05, 0.1) is 44.5 Å². The molecule has 12 amide bonds. The predicted octanol–water partition coefficient (Wildman–Crippen LogP) is 6.26. The number of carbonyl (C=O) groups is 12. The van der Waals surface area contributed by atoms with Gasteiger partial charge in [-0.3, -0.25) is 57.5 Å². The van der Waals surface area contributed by atoms with Crippen molar-refractivity contribution in [3.8, 4) is 0 Å². The van der Waals surface area contributed by atoms with Gasteiger partial charge in [-0.2, -0.15) is 26.3 Å². The summed E-state index contributed by atoms with van der Waals surface area (Å²) in [7, 11) is 8.88. The van der Waals surface area contributed by atoms with Gasteiger partial charge in [-0.1, -0.05) is 85.0 Å². The van der Waals surface area contributed by atoms with E-state index < -0.39 is 199 Å². The largest absolute Gasteiger partial charge is 0.393 e. The molecule has 3 heterocycles. The first-order valence-corrected chi connectivity index (χ1v) is 38.4. The highest BCUT2D eigenvalue weighted by Gasteiger charge is 2.53. The Morgan fingerprint density at radius 1 is 0.619 bits per heavy atom. The third-order valence-electron chi connectivity index (χ3n) is 23.8. The number of ether oxygens (including phenoxy) is 1. The van der Waals surface area contributed by atoms with Gasteiger partial charge in [0, 0.05) is 87.4 Å². The number of rotatable bonds is 12. The zero-order valence-corrected chi connectivity index (χ0v) is 64.0. The second-order valence-corrected chi connectivity index (χ2v) is 31.9. The molecule has 105 heavy (non-hydrogen) atoms. The molecule has 3 aliphatic heterocycles. The Kier molecular flexibility index (Phi) is 30.6. The number of fused-ring (bicyclic) bond motifs is 1. The molecule has 32 heteroatoms. The van der Waals surface area contributed by atoms with E-state index in [0.717, 1.165) is 45.9 Å². The minimum Gasteiger partial charge on any atom is -0.377 e. The van der Waals surface area contributed by atoms with Crippen molar-refractivity contribution >= 4 is 82.5 Å². The third-order valence-corrected chi connectivity index (χ3v) is 24.2. The maximum absolute atomic E-state index is 15.8. The van der Waals surface area contributed by atoms with Crippen LogP contribution in [0.1, 0.15) is 188 Å². The van der Waals surface area contributed by atoms with E-state index in [1.807, 2.05) is 0 Å². The maximum Gasteiger partial charge on any atom is 0.393 e. The molecule has 0 bridgehead atoms. The highest BCUT2D eigenvalue weighted by molar-refractivity contribution is 6.21. The van der Waals surface area contributed by atoms with Gasteiger partial charge in [0.2, 0.25) is 70.9 Å². The Labute approximate surface area is 619 Å². The summed E-state index contributed by atoms with van der Waals surface area (Å²) >= 11 is 6.42. The second kappa shape index (κ2) is 37.5. The summed E-state index contributed by atoms with van der Waals surface area (Å²) in [5.41, 5.74) is -1.70. The van der Waals surface area contributed by atoms with E-state index in [9.17, 15) is 64.7 Å². The average molecular weight is 1520 g/mol. The van der Waals surface area contributed by atoms with Crippen molar-refractivity contribution in [1.82, 2.24) is 60.0 Å². The van der Waals surface area contributed by atoms with E-state index >= 15 is 19.2 Å². The van der Waals surface area contributed by atoms with Crippen molar-refractivity contribution in [3.63, 3.8) is 0 Å². The van der Waals surface area contributed by atoms with E-state index in [-0.39, 0.29) is 96.4 Å². The van der Waals surface area contributed by atoms with Crippen molar-refractivity contribution in [1.29, 1.82) is 0 Å². The summed E-state index contributed by atoms with van der Waals surface area (Å²) in [4.78, 5) is 189. The molecule has 7 rings (SSSR count). The number of hydrogen-bond acceptors (Lipinski definition) is 13. The van der Waals surface area contributed by atoms with E-state index in [1.54, 1.807) is 20.8 Å². The number of hydrogen-bond donors (Lipinski definition) is 3. The molecule has 4 saturated carbocycles. The van der Waals surface area contributed by atoms with Gasteiger partial charge in [-0.05, 0) is 114 Å². The topological polar surface area (TPSA) is 279 Å². The first-order valence-electron chi connectivity index (χ1n) is 38.0. The van der Waals surface area contributed by atoms with Crippen LogP contribution < -0.4 is 16.0 Å². The molecule has 0 aromatic rings. The fourth-order valence-electron chi connectivity index (χ4n) is 16.9. The van der Waals surface area contributed by atoms with Crippen LogP contribution in [0.5, 0.6) is 0 Å². The highest BCUT2D eigenvalue weighted by Crippen LogP contribution is 2.44. The van der Waals surface area contributed by atoms with Crippen LogP contribution >= 0.6 is 11.6 Å². The number of likely N-dealkylation sites (N-methyl/N-ethyl adjacent to an activating group) is 7. The molecule has 3 unspecified atom stereocenters. The van der Waals surface area contributed by atoms with Gasteiger partial charge in [-0.15, -0.1) is 11.6 Å². The molecule has 0 aromatic carbocycles. The fraction of sp³-hybridized carbons (Fsp3) is 0.836. The first kappa shape index (κ1) is 85.7. The number of amides is 12. The fourth-order valence-corrected chi connectivity index (χ4v) is 17.4. The molecule has 0 radical (unpaired) electrons. The molecule has 3 saturated heterocycles. The third kappa shape index (κ3) is 22.1. The number of carbonyl (C=O) groups excluding carboxylic acids is 12. The molecule has 1 spiro atoms. The van der Waals surface area contributed by atoms with Crippen LogP contribution in [0.2, 0.25) is 0 Å². The second-order valence-electron chi connectivity index (χ2n) is 31.3. The summed E-state index contributed by atoms with van der Waals surface area (Å²) < 4.78 is 92.8. The maximum atomic E-state index is 15.8. The summed E-state index contributed by atoms with van der Waals surface area (Å²) in [6.45, 7) is 5.45. The van der Waals surface area contributed by atoms with Crippen LogP contribution in [0.25, 0.3) is 0 Å². The number of nitrogens with zero attached hydrogens (tertiary/aromatic N) is 9. The average Bonchev–Trinajstić information content (AvgIpc) is 1.74. The molecule has 594 valence electrons.